The highest BCUT2D eigenvalue weighted by molar-refractivity contribution is 7.22. The molecule has 0 unspecified atom stereocenters. The molecular weight excluding hydrogens is 374 g/mol. The Morgan fingerprint density at radius 2 is 1.86 bits per heavy atom. The van der Waals surface area contributed by atoms with Crippen LogP contribution in [0.2, 0.25) is 0 Å². The lowest BCUT2D eigenvalue weighted by atomic mass is 10.1. The van der Waals surface area contributed by atoms with E-state index in [1.807, 2.05) is 42.6 Å². The second kappa shape index (κ2) is 7.01. The first kappa shape index (κ1) is 16.8. The summed E-state index contributed by atoms with van der Waals surface area (Å²) in [6, 6.07) is 14.0. The van der Waals surface area contributed by atoms with Crippen molar-refractivity contribution < 1.29 is 14.2 Å². The molecule has 0 atom stereocenters. The topological polar surface area (TPSA) is 65.5 Å². The van der Waals surface area contributed by atoms with E-state index in [0.717, 1.165) is 49.4 Å². The molecule has 0 saturated carbocycles. The summed E-state index contributed by atoms with van der Waals surface area (Å²) in [5.41, 5.74) is 3.95. The first-order valence-corrected chi connectivity index (χ1v) is 9.67. The van der Waals surface area contributed by atoms with Crippen LogP contribution in [-0.2, 0) is 0 Å². The summed E-state index contributed by atoms with van der Waals surface area (Å²) in [7, 11) is 1.64. The third-order valence-electron chi connectivity index (χ3n) is 4.46. The molecule has 140 valence electrons. The van der Waals surface area contributed by atoms with Gasteiger partial charge in [0.25, 0.3) is 0 Å². The quantitative estimate of drug-likeness (QED) is 0.535. The van der Waals surface area contributed by atoms with Gasteiger partial charge < -0.3 is 19.5 Å². The number of hydrogen-bond donors (Lipinski definition) is 1. The molecule has 3 heterocycles. The molecule has 0 amide bonds. The number of rotatable bonds is 4. The van der Waals surface area contributed by atoms with Crippen molar-refractivity contribution in [1.82, 2.24) is 9.97 Å². The molecular formula is C21H17N3O3S. The molecule has 1 aliphatic rings. The van der Waals surface area contributed by atoms with Gasteiger partial charge in [-0.25, -0.2) is 4.98 Å². The standard InChI is InChI=1S/C21H17N3O3S/c1-25-16-8-14(11-22-12-16)13-2-4-17-20(9-13)28-21(24-17)23-15-3-5-18-19(10-15)27-7-6-26-18/h2-5,8-12H,6-7H2,1H3,(H,23,24). The number of nitrogens with one attached hydrogen (secondary N) is 1. The number of thiazole rings is 1. The number of nitrogens with zero attached hydrogens (tertiary/aromatic N) is 2. The van der Waals surface area contributed by atoms with Crippen LogP contribution in [-0.4, -0.2) is 30.3 Å². The Hall–Kier alpha value is -3.32. The van der Waals surface area contributed by atoms with Crippen molar-refractivity contribution in [1.29, 1.82) is 0 Å². The van der Waals surface area contributed by atoms with Crippen molar-refractivity contribution in [2.24, 2.45) is 0 Å². The lowest BCUT2D eigenvalue weighted by molar-refractivity contribution is 0.171. The number of aromatic nitrogens is 2. The summed E-state index contributed by atoms with van der Waals surface area (Å²) in [5.74, 6) is 2.27. The van der Waals surface area contributed by atoms with E-state index in [2.05, 4.69) is 21.4 Å². The molecule has 5 rings (SSSR count). The van der Waals surface area contributed by atoms with E-state index >= 15 is 0 Å². The molecule has 0 aliphatic carbocycles. The molecule has 4 aromatic rings. The molecule has 0 bridgehead atoms. The third kappa shape index (κ3) is 3.20. The van der Waals surface area contributed by atoms with E-state index in [0.29, 0.717) is 13.2 Å². The van der Waals surface area contributed by atoms with Crippen molar-refractivity contribution in [2.75, 3.05) is 25.6 Å². The number of fused-ring (bicyclic) bond motifs is 2. The van der Waals surface area contributed by atoms with Gasteiger partial charge in [0.05, 0.1) is 23.5 Å². The zero-order valence-electron chi connectivity index (χ0n) is 15.1. The van der Waals surface area contributed by atoms with Gasteiger partial charge >= 0.3 is 0 Å². The van der Waals surface area contributed by atoms with E-state index in [1.165, 1.54) is 0 Å². The predicted molar refractivity (Wildman–Crippen MR) is 110 cm³/mol. The second-order valence-corrected chi connectivity index (χ2v) is 7.33. The molecule has 0 spiro atoms. The molecule has 2 aromatic heterocycles. The minimum atomic E-state index is 0.569. The molecule has 2 aromatic carbocycles. The van der Waals surface area contributed by atoms with Gasteiger partial charge in [0.1, 0.15) is 19.0 Å². The first-order valence-electron chi connectivity index (χ1n) is 8.85. The first-order chi connectivity index (χ1) is 13.8. The van der Waals surface area contributed by atoms with Gasteiger partial charge in [0.15, 0.2) is 16.6 Å². The van der Waals surface area contributed by atoms with Crippen molar-refractivity contribution in [2.45, 2.75) is 0 Å². The Morgan fingerprint density at radius 1 is 0.964 bits per heavy atom. The fraction of sp³-hybridized carbons (Fsp3) is 0.143. The molecule has 7 heteroatoms. The highest BCUT2D eigenvalue weighted by atomic mass is 32.1. The van der Waals surface area contributed by atoms with E-state index in [1.54, 1.807) is 24.6 Å². The predicted octanol–water partition coefficient (Wildman–Crippen LogP) is 4.88. The Morgan fingerprint density at radius 3 is 2.75 bits per heavy atom. The van der Waals surface area contributed by atoms with Gasteiger partial charge in [-0.1, -0.05) is 17.4 Å². The average molecular weight is 391 g/mol. The Kier molecular flexibility index (Phi) is 4.21. The van der Waals surface area contributed by atoms with Gasteiger partial charge in [-0.3, -0.25) is 4.98 Å². The maximum Gasteiger partial charge on any atom is 0.188 e. The van der Waals surface area contributed by atoms with Crippen LogP contribution in [0, 0.1) is 0 Å². The van der Waals surface area contributed by atoms with Crippen molar-refractivity contribution in [3.05, 3.63) is 54.9 Å². The summed E-state index contributed by atoms with van der Waals surface area (Å²) >= 11 is 1.60. The lowest BCUT2D eigenvalue weighted by Crippen LogP contribution is -2.15. The molecule has 28 heavy (non-hydrogen) atoms. The molecule has 1 N–H and O–H groups in total. The van der Waals surface area contributed by atoms with Crippen LogP contribution in [0.25, 0.3) is 21.3 Å². The number of pyridine rings is 1. The second-order valence-electron chi connectivity index (χ2n) is 6.30. The van der Waals surface area contributed by atoms with Crippen molar-refractivity contribution in [3.63, 3.8) is 0 Å². The van der Waals surface area contributed by atoms with Crippen LogP contribution in [0.4, 0.5) is 10.8 Å². The summed E-state index contributed by atoms with van der Waals surface area (Å²) in [5, 5.41) is 4.19. The zero-order chi connectivity index (χ0) is 18.9. The van der Waals surface area contributed by atoms with Crippen LogP contribution >= 0.6 is 11.3 Å². The molecule has 0 radical (unpaired) electrons. The fourth-order valence-corrected chi connectivity index (χ4v) is 4.02. The summed E-state index contributed by atoms with van der Waals surface area (Å²) < 4.78 is 17.6. The number of hydrogen-bond acceptors (Lipinski definition) is 7. The Labute approximate surface area is 165 Å². The largest absolute Gasteiger partial charge is 0.495 e. The number of benzene rings is 2. The van der Waals surface area contributed by atoms with Crippen LogP contribution in [0.15, 0.2) is 54.9 Å². The average Bonchev–Trinajstić information content (AvgIpc) is 3.15. The lowest BCUT2D eigenvalue weighted by Gasteiger charge is -2.18. The number of methoxy groups -OCH3 is 1. The van der Waals surface area contributed by atoms with Crippen LogP contribution in [0.1, 0.15) is 0 Å². The van der Waals surface area contributed by atoms with E-state index in [4.69, 9.17) is 14.2 Å². The summed E-state index contributed by atoms with van der Waals surface area (Å²) in [4.78, 5) is 8.92. The minimum Gasteiger partial charge on any atom is -0.495 e. The smallest absolute Gasteiger partial charge is 0.188 e. The Bertz CT molecular complexity index is 1160. The molecule has 1 aliphatic heterocycles. The molecule has 6 nitrogen and oxygen atoms in total. The fourth-order valence-electron chi connectivity index (χ4n) is 3.09. The maximum atomic E-state index is 5.65. The Balaban J connectivity index is 1.43. The van der Waals surface area contributed by atoms with Crippen molar-refractivity contribution in [3.8, 4) is 28.4 Å². The van der Waals surface area contributed by atoms with Gasteiger partial charge in [-0.2, -0.15) is 0 Å². The van der Waals surface area contributed by atoms with Gasteiger partial charge in [0, 0.05) is 23.5 Å². The van der Waals surface area contributed by atoms with E-state index in [-0.39, 0.29) is 0 Å². The minimum absolute atomic E-state index is 0.569. The maximum absolute atomic E-state index is 5.65. The summed E-state index contributed by atoms with van der Waals surface area (Å²) in [6.07, 6.45) is 3.53. The van der Waals surface area contributed by atoms with Crippen molar-refractivity contribution >= 4 is 32.4 Å². The normalized spacial score (nSPS) is 12.8. The third-order valence-corrected chi connectivity index (χ3v) is 5.40. The van der Waals surface area contributed by atoms with Gasteiger partial charge in [0.2, 0.25) is 0 Å². The number of anilines is 2. The molecule has 0 saturated heterocycles. The van der Waals surface area contributed by atoms with Crippen LogP contribution in [0.5, 0.6) is 17.2 Å². The highest BCUT2D eigenvalue weighted by Crippen LogP contribution is 2.36. The number of ether oxygens (including phenoxy) is 3. The highest BCUT2D eigenvalue weighted by Gasteiger charge is 2.13. The van der Waals surface area contributed by atoms with E-state index < -0.39 is 0 Å². The van der Waals surface area contributed by atoms with Gasteiger partial charge in [-0.15, -0.1) is 0 Å². The van der Waals surface area contributed by atoms with Crippen LogP contribution in [0.3, 0.4) is 0 Å². The zero-order valence-corrected chi connectivity index (χ0v) is 16.0. The molecule has 0 fully saturated rings. The summed E-state index contributed by atoms with van der Waals surface area (Å²) in [6.45, 7) is 1.16. The van der Waals surface area contributed by atoms with E-state index in [9.17, 15) is 0 Å². The van der Waals surface area contributed by atoms with Crippen LogP contribution < -0.4 is 19.5 Å². The monoisotopic (exact) mass is 391 g/mol. The van der Waals surface area contributed by atoms with Gasteiger partial charge in [-0.05, 0) is 35.9 Å². The SMILES string of the molecule is COc1cncc(-c2ccc3nc(Nc4ccc5c(c4)OCCO5)sc3c2)c1.